The lowest BCUT2D eigenvalue weighted by molar-refractivity contribution is 0.625. The van der Waals surface area contributed by atoms with Crippen LogP contribution in [-0.2, 0) is 0 Å². The molecular formula is C8H6FN3. The van der Waals surface area contributed by atoms with E-state index in [2.05, 4.69) is 15.2 Å². The molecule has 0 saturated carbocycles. The number of halogens is 1. The predicted octanol–water partition coefficient (Wildman–Crippen LogP) is 1.61. The van der Waals surface area contributed by atoms with Crippen molar-refractivity contribution in [3.8, 4) is 11.4 Å². The average molecular weight is 163 g/mol. The minimum Gasteiger partial charge on any atom is -0.276 e. The van der Waals surface area contributed by atoms with Gasteiger partial charge in [0.15, 0.2) is 5.82 Å². The van der Waals surface area contributed by atoms with Crippen molar-refractivity contribution in [3.05, 3.63) is 36.4 Å². The Bertz CT molecular complexity index is 370. The maximum Gasteiger partial charge on any atom is 0.151 e. The fraction of sp³-hybridized carbons (Fsp3) is 0. The number of hydrogen-bond donors (Lipinski definition) is 1. The van der Waals surface area contributed by atoms with Gasteiger partial charge in [-0.2, -0.15) is 5.10 Å². The van der Waals surface area contributed by atoms with Crippen LogP contribution in [0.25, 0.3) is 11.4 Å². The van der Waals surface area contributed by atoms with Crippen molar-refractivity contribution in [2.45, 2.75) is 0 Å². The molecule has 0 unspecified atom stereocenters. The molecule has 0 fully saturated rings. The molecule has 2 aromatic heterocycles. The Morgan fingerprint density at radius 2 is 2.17 bits per heavy atom. The molecule has 1 N–H and O–H groups in total. The molecule has 0 radical (unpaired) electrons. The van der Waals surface area contributed by atoms with Gasteiger partial charge in [0, 0.05) is 12.4 Å². The zero-order valence-electron chi connectivity index (χ0n) is 6.16. The quantitative estimate of drug-likeness (QED) is 0.693. The van der Waals surface area contributed by atoms with Crippen molar-refractivity contribution in [3.63, 3.8) is 0 Å². The Kier molecular flexibility index (Phi) is 1.59. The van der Waals surface area contributed by atoms with Crippen molar-refractivity contribution >= 4 is 0 Å². The topological polar surface area (TPSA) is 41.6 Å². The molecule has 0 saturated heterocycles. The standard InChI is InChI=1S/C8H6FN3/c9-6-2-1-4-10-8(6)7-3-5-11-12-7/h1-5H,(H,11,12). The van der Waals surface area contributed by atoms with Crippen LogP contribution in [0.4, 0.5) is 4.39 Å². The van der Waals surface area contributed by atoms with E-state index >= 15 is 0 Å². The van der Waals surface area contributed by atoms with Gasteiger partial charge in [0.1, 0.15) is 5.69 Å². The number of aromatic amines is 1. The molecule has 0 aliphatic heterocycles. The van der Waals surface area contributed by atoms with Gasteiger partial charge in [0.05, 0.1) is 5.69 Å². The van der Waals surface area contributed by atoms with E-state index in [1.54, 1.807) is 24.5 Å². The van der Waals surface area contributed by atoms with Gasteiger partial charge in [-0.25, -0.2) is 4.39 Å². The fourth-order valence-electron chi connectivity index (χ4n) is 0.972. The number of pyridine rings is 1. The molecule has 0 aliphatic rings. The van der Waals surface area contributed by atoms with Gasteiger partial charge < -0.3 is 0 Å². The van der Waals surface area contributed by atoms with E-state index < -0.39 is 0 Å². The summed E-state index contributed by atoms with van der Waals surface area (Å²) in [5, 5.41) is 6.35. The van der Waals surface area contributed by atoms with Crippen molar-refractivity contribution in [1.29, 1.82) is 0 Å². The highest BCUT2D eigenvalue weighted by atomic mass is 19.1. The normalized spacial score (nSPS) is 10.1. The Labute approximate surface area is 68.3 Å². The zero-order valence-corrected chi connectivity index (χ0v) is 6.16. The van der Waals surface area contributed by atoms with Crippen LogP contribution >= 0.6 is 0 Å². The van der Waals surface area contributed by atoms with Gasteiger partial charge in [0.2, 0.25) is 0 Å². The first-order chi connectivity index (χ1) is 5.88. The minimum atomic E-state index is -0.346. The summed E-state index contributed by atoms with van der Waals surface area (Å²) in [6, 6.07) is 4.59. The van der Waals surface area contributed by atoms with Crippen LogP contribution in [-0.4, -0.2) is 15.2 Å². The smallest absolute Gasteiger partial charge is 0.151 e. The molecule has 0 bridgehead atoms. The minimum absolute atomic E-state index is 0.301. The van der Waals surface area contributed by atoms with Crippen molar-refractivity contribution in [2.24, 2.45) is 0 Å². The lowest BCUT2D eigenvalue weighted by Crippen LogP contribution is -1.87. The summed E-state index contributed by atoms with van der Waals surface area (Å²) in [6.07, 6.45) is 3.10. The number of aromatic nitrogens is 3. The van der Waals surface area contributed by atoms with Crippen LogP contribution < -0.4 is 0 Å². The van der Waals surface area contributed by atoms with E-state index in [0.717, 1.165) is 0 Å². The summed E-state index contributed by atoms with van der Waals surface area (Å²) in [6.45, 7) is 0. The maximum atomic E-state index is 13.0. The van der Waals surface area contributed by atoms with Gasteiger partial charge >= 0.3 is 0 Å². The summed E-state index contributed by atoms with van der Waals surface area (Å²) >= 11 is 0. The number of nitrogens with zero attached hydrogens (tertiary/aromatic N) is 2. The second kappa shape index (κ2) is 2.73. The Balaban J connectivity index is 2.55. The van der Waals surface area contributed by atoms with E-state index in [1.807, 2.05) is 0 Å². The molecular weight excluding hydrogens is 157 g/mol. The predicted molar refractivity (Wildman–Crippen MR) is 41.8 cm³/mol. The monoisotopic (exact) mass is 163 g/mol. The first-order valence-corrected chi connectivity index (χ1v) is 3.48. The van der Waals surface area contributed by atoms with E-state index in [1.165, 1.54) is 6.07 Å². The summed E-state index contributed by atoms with van der Waals surface area (Å²) in [4.78, 5) is 3.87. The SMILES string of the molecule is Fc1cccnc1-c1ccn[nH]1. The van der Waals surface area contributed by atoms with Crippen LogP contribution in [0, 0.1) is 5.82 Å². The summed E-state index contributed by atoms with van der Waals surface area (Å²) < 4.78 is 13.0. The second-order valence-corrected chi connectivity index (χ2v) is 2.30. The third-order valence-electron chi connectivity index (χ3n) is 1.51. The molecule has 2 rings (SSSR count). The highest BCUT2D eigenvalue weighted by Crippen LogP contribution is 2.15. The third kappa shape index (κ3) is 1.07. The Morgan fingerprint density at radius 3 is 2.83 bits per heavy atom. The molecule has 0 amide bonds. The molecule has 0 aliphatic carbocycles. The molecule has 0 spiro atoms. The average Bonchev–Trinajstić information content (AvgIpc) is 2.57. The highest BCUT2D eigenvalue weighted by molar-refractivity contribution is 5.53. The molecule has 12 heavy (non-hydrogen) atoms. The van der Waals surface area contributed by atoms with Gasteiger partial charge in [0.25, 0.3) is 0 Å². The first kappa shape index (κ1) is 6.97. The first-order valence-electron chi connectivity index (χ1n) is 3.48. The van der Waals surface area contributed by atoms with Crippen molar-refractivity contribution in [1.82, 2.24) is 15.2 Å². The van der Waals surface area contributed by atoms with Gasteiger partial charge in [-0.1, -0.05) is 0 Å². The summed E-state index contributed by atoms with van der Waals surface area (Å²) in [5.74, 6) is -0.346. The third-order valence-corrected chi connectivity index (χ3v) is 1.51. The van der Waals surface area contributed by atoms with Gasteiger partial charge in [-0.3, -0.25) is 10.1 Å². The van der Waals surface area contributed by atoms with E-state index in [0.29, 0.717) is 11.4 Å². The van der Waals surface area contributed by atoms with Crippen molar-refractivity contribution in [2.75, 3.05) is 0 Å². The zero-order chi connectivity index (χ0) is 8.39. The fourth-order valence-corrected chi connectivity index (χ4v) is 0.972. The van der Waals surface area contributed by atoms with Gasteiger partial charge in [-0.15, -0.1) is 0 Å². The van der Waals surface area contributed by atoms with E-state index in [-0.39, 0.29) is 5.82 Å². The lowest BCUT2D eigenvalue weighted by Gasteiger charge is -1.95. The second-order valence-electron chi connectivity index (χ2n) is 2.30. The Morgan fingerprint density at radius 1 is 1.25 bits per heavy atom. The summed E-state index contributed by atoms with van der Waals surface area (Å²) in [5.41, 5.74) is 0.892. The molecule has 0 aromatic carbocycles. The van der Waals surface area contributed by atoms with Gasteiger partial charge in [-0.05, 0) is 18.2 Å². The molecule has 3 nitrogen and oxygen atoms in total. The molecule has 4 heteroatoms. The molecule has 2 heterocycles. The number of hydrogen-bond acceptors (Lipinski definition) is 2. The van der Waals surface area contributed by atoms with Crippen LogP contribution in [0.1, 0.15) is 0 Å². The van der Waals surface area contributed by atoms with Crippen LogP contribution in [0.15, 0.2) is 30.6 Å². The summed E-state index contributed by atoms with van der Waals surface area (Å²) in [7, 11) is 0. The number of nitrogens with one attached hydrogen (secondary N) is 1. The number of H-pyrrole nitrogens is 1. The highest BCUT2D eigenvalue weighted by Gasteiger charge is 2.05. The van der Waals surface area contributed by atoms with Crippen molar-refractivity contribution < 1.29 is 4.39 Å². The Hall–Kier alpha value is -1.71. The van der Waals surface area contributed by atoms with Crippen LogP contribution in [0.2, 0.25) is 0 Å². The maximum absolute atomic E-state index is 13.0. The van der Waals surface area contributed by atoms with E-state index in [9.17, 15) is 4.39 Å². The lowest BCUT2D eigenvalue weighted by atomic mass is 10.3. The molecule has 2 aromatic rings. The molecule has 0 atom stereocenters. The van der Waals surface area contributed by atoms with Crippen LogP contribution in [0.5, 0.6) is 0 Å². The molecule has 60 valence electrons. The van der Waals surface area contributed by atoms with E-state index in [4.69, 9.17) is 0 Å². The largest absolute Gasteiger partial charge is 0.276 e. The number of rotatable bonds is 1. The van der Waals surface area contributed by atoms with Crippen LogP contribution in [0.3, 0.4) is 0 Å².